The van der Waals surface area contributed by atoms with Crippen LogP contribution in [0, 0.1) is 13.8 Å². The molecule has 2 aromatic heterocycles. The van der Waals surface area contributed by atoms with E-state index in [1.54, 1.807) is 11.3 Å². The number of hydrogen-bond donors (Lipinski definition) is 2. The number of thiophene rings is 2. The first-order valence-corrected chi connectivity index (χ1v) is 11.4. The molecular weight excluding hydrogens is 376 g/mol. The van der Waals surface area contributed by atoms with E-state index in [-0.39, 0.29) is 17.6 Å². The lowest BCUT2D eigenvalue weighted by Crippen LogP contribution is -2.44. The molecule has 27 heavy (non-hydrogen) atoms. The van der Waals surface area contributed by atoms with Gasteiger partial charge in [0.25, 0.3) is 5.91 Å². The third-order valence-electron chi connectivity index (χ3n) is 5.71. The highest BCUT2D eigenvalue weighted by Gasteiger charge is 2.41. The molecule has 1 saturated heterocycles. The van der Waals surface area contributed by atoms with E-state index in [0.717, 1.165) is 50.3 Å². The average Bonchev–Trinajstić information content (AvgIpc) is 3.20. The van der Waals surface area contributed by atoms with Crippen molar-refractivity contribution in [3.63, 3.8) is 0 Å². The number of hydrogen-bond acceptors (Lipinski definition) is 5. The number of nitrogens with one attached hydrogen (secondary N) is 2. The fraction of sp³-hybridized carbons (Fsp3) is 0.571. The van der Waals surface area contributed by atoms with Crippen LogP contribution in [0.5, 0.6) is 0 Å². The van der Waals surface area contributed by atoms with Gasteiger partial charge in [-0.3, -0.25) is 4.79 Å². The summed E-state index contributed by atoms with van der Waals surface area (Å²) < 4.78 is 6.24. The summed E-state index contributed by atoms with van der Waals surface area (Å²) in [5.74, 6) is 0.0518. The van der Waals surface area contributed by atoms with E-state index in [0.29, 0.717) is 0 Å². The summed E-state index contributed by atoms with van der Waals surface area (Å²) in [5, 5.41) is 6.62. The fourth-order valence-corrected chi connectivity index (χ4v) is 6.63. The molecular formula is C21H28N2O2S2. The second-order valence-corrected chi connectivity index (χ2v) is 10.2. The minimum atomic E-state index is -0.167. The largest absolute Gasteiger partial charge is 0.369 e. The molecule has 1 spiro atoms. The molecule has 1 amide bonds. The number of amides is 1. The summed E-state index contributed by atoms with van der Waals surface area (Å²) in [4.78, 5) is 17.7. The third kappa shape index (κ3) is 3.86. The molecule has 1 unspecified atom stereocenters. The van der Waals surface area contributed by atoms with Gasteiger partial charge in [-0.15, -0.1) is 22.7 Å². The Morgan fingerprint density at radius 3 is 2.78 bits per heavy atom. The van der Waals surface area contributed by atoms with E-state index in [9.17, 15) is 4.79 Å². The molecule has 0 aromatic carbocycles. The Hall–Kier alpha value is -1.21. The molecule has 0 bridgehead atoms. The number of carbonyl (C=O) groups excluding carboxylic acids is 1. The van der Waals surface area contributed by atoms with Crippen molar-refractivity contribution < 1.29 is 9.53 Å². The highest BCUT2D eigenvalue weighted by atomic mass is 32.1. The first-order chi connectivity index (χ1) is 13.0. The van der Waals surface area contributed by atoms with Crippen LogP contribution in [0.3, 0.4) is 0 Å². The monoisotopic (exact) mass is 404 g/mol. The van der Waals surface area contributed by atoms with Crippen molar-refractivity contribution in [2.75, 3.05) is 19.7 Å². The summed E-state index contributed by atoms with van der Waals surface area (Å²) in [7, 11) is 0. The van der Waals surface area contributed by atoms with Gasteiger partial charge in [0.1, 0.15) is 5.60 Å². The predicted octanol–water partition coefficient (Wildman–Crippen LogP) is 3.94. The van der Waals surface area contributed by atoms with Crippen LogP contribution < -0.4 is 10.6 Å². The van der Waals surface area contributed by atoms with Gasteiger partial charge in [-0.2, -0.15) is 0 Å². The third-order valence-corrected chi connectivity index (χ3v) is 8.25. The van der Waals surface area contributed by atoms with Crippen molar-refractivity contribution in [1.82, 2.24) is 10.6 Å². The maximum atomic E-state index is 12.9. The maximum absolute atomic E-state index is 12.9. The zero-order valence-corrected chi connectivity index (χ0v) is 17.9. The fourth-order valence-electron chi connectivity index (χ4n) is 4.13. The van der Waals surface area contributed by atoms with Crippen molar-refractivity contribution >= 4 is 28.6 Å². The molecule has 2 aliphatic rings. The number of fused-ring (bicyclic) bond motifs is 2. The number of aryl methyl sites for hydroxylation is 2. The minimum Gasteiger partial charge on any atom is -0.369 e. The lowest BCUT2D eigenvalue weighted by atomic mass is 9.86. The van der Waals surface area contributed by atoms with Crippen molar-refractivity contribution in [3.8, 4) is 0 Å². The van der Waals surface area contributed by atoms with Gasteiger partial charge in [0.2, 0.25) is 0 Å². The molecule has 0 radical (unpaired) electrons. The number of piperidine rings is 1. The Bertz CT molecular complexity index is 814. The molecule has 2 aromatic rings. The lowest BCUT2D eigenvalue weighted by Gasteiger charge is -2.40. The smallest absolute Gasteiger partial charge is 0.261 e. The van der Waals surface area contributed by atoms with E-state index in [1.807, 2.05) is 11.3 Å². The Kier molecular flexibility index (Phi) is 5.43. The predicted molar refractivity (Wildman–Crippen MR) is 112 cm³/mol. The quantitative estimate of drug-likeness (QED) is 0.812. The molecule has 0 saturated carbocycles. The summed E-state index contributed by atoms with van der Waals surface area (Å²) in [5.41, 5.74) is 2.49. The SMILES string of the molecule is Cc1cc(CC(C)NC(=O)c2cc3c(s2)C2(CCNCC2)OCC3)sc1C. The Balaban J connectivity index is 1.46. The molecule has 4 nitrogen and oxygen atoms in total. The summed E-state index contributed by atoms with van der Waals surface area (Å²) in [6.07, 6.45) is 3.79. The molecule has 1 atom stereocenters. The molecule has 4 heterocycles. The second kappa shape index (κ2) is 7.66. The Morgan fingerprint density at radius 2 is 2.07 bits per heavy atom. The molecule has 2 aliphatic heterocycles. The minimum absolute atomic E-state index is 0.0518. The van der Waals surface area contributed by atoms with Crippen LogP contribution in [0.15, 0.2) is 12.1 Å². The van der Waals surface area contributed by atoms with Gasteiger partial charge in [-0.05, 0) is 76.4 Å². The van der Waals surface area contributed by atoms with Gasteiger partial charge in [0, 0.05) is 27.1 Å². The van der Waals surface area contributed by atoms with Crippen molar-refractivity contribution in [2.45, 2.75) is 58.1 Å². The van der Waals surface area contributed by atoms with Gasteiger partial charge in [-0.1, -0.05) is 0 Å². The molecule has 0 aliphatic carbocycles. The second-order valence-electron chi connectivity index (χ2n) is 7.84. The van der Waals surface area contributed by atoms with Crippen LogP contribution in [0.1, 0.15) is 55.2 Å². The van der Waals surface area contributed by atoms with Crippen LogP contribution in [0.25, 0.3) is 0 Å². The van der Waals surface area contributed by atoms with E-state index in [2.05, 4.69) is 43.5 Å². The van der Waals surface area contributed by atoms with E-state index >= 15 is 0 Å². The molecule has 4 rings (SSSR count). The zero-order valence-electron chi connectivity index (χ0n) is 16.3. The van der Waals surface area contributed by atoms with Gasteiger partial charge in [0.05, 0.1) is 11.5 Å². The number of ether oxygens (including phenoxy) is 1. The molecule has 6 heteroatoms. The van der Waals surface area contributed by atoms with Gasteiger partial charge >= 0.3 is 0 Å². The van der Waals surface area contributed by atoms with E-state index < -0.39 is 0 Å². The first-order valence-electron chi connectivity index (χ1n) is 9.81. The standard InChI is InChI=1S/C21H28N2O2S2/c1-13-10-17(26-15(13)3)11-14(2)23-20(24)18-12-16-4-9-25-21(19(16)27-18)5-7-22-8-6-21/h10,12,14,22H,4-9,11H2,1-3H3,(H,23,24). The summed E-state index contributed by atoms with van der Waals surface area (Å²) >= 11 is 3.47. The van der Waals surface area contributed by atoms with Crippen LogP contribution in [-0.4, -0.2) is 31.6 Å². The normalized spacial score (nSPS) is 19.7. The van der Waals surface area contributed by atoms with Gasteiger partial charge in [-0.25, -0.2) is 0 Å². The van der Waals surface area contributed by atoms with Crippen molar-refractivity contribution in [3.05, 3.63) is 42.8 Å². The van der Waals surface area contributed by atoms with Crippen LogP contribution >= 0.6 is 22.7 Å². The van der Waals surface area contributed by atoms with E-state index in [1.165, 1.54) is 25.8 Å². The van der Waals surface area contributed by atoms with E-state index in [4.69, 9.17) is 4.74 Å². The van der Waals surface area contributed by atoms with Crippen LogP contribution in [0.4, 0.5) is 0 Å². The first kappa shape index (κ1) is 19.1. The molecule has 1 fully saturated rings. The maximum Gasteiger partial charge on any atom is 0.261 e. The van der Waals surface area contributed by atoms with Crippen LogP contribution in [0.2, 0.25) is 0 Å². The van der Waals surface area contributed by atoms with Crippen molar-refractivity contribution in [1.29, 1.82) is 0 Å². The van der Waals surface area contributed by atoms with Crippen molar-refractivity contribution in [2.24, 2.45) is 0 Å². The van der Waals surface area contributed by atoms with Gasteiger partial charge in [0.15, 0.2) is 0 Å². The highest BCUT2D eigenvalue weighted by Crippen LogP contribution is 2.44. The summed E-state index contributed by atoms with van der Waals surface area (Å²) in [6, 6.07) is 4.47. The topological polar surface area (TPSA) is 50.4 Å². The summed E-state index contributed by atoms with van der Waals surface area (Å²) in [6.45, 7) is 9.12. The van der Waals surface area contributed by atoms with Gasteiger partial charge < -0.3 is 15.4 Å². The zero-order chi connectivity index (χ0) is 19.0. The number of carbonyl (C=O) groups is 1. The molecule has 2 N–H and O–H groups in total. The lowest BCUT2D eigenvalue weighted by molar-refractivity contribution is -0.0771. The van der Waals surface area contributed by atoms with Crippen LogP contribution in [-0.2, 0) is 23.2 Å². The Labute approximate surface area is 169 Å². The Morgan fingerprint density at radius 1 is 1.30 bits per heavy atom. The number of rotatable bonds is 4. The highest BCUT2D eigenvalue weighted by molar-refractivity contribution is 7.14. The average molecular weight is 405 g/mol. The molecule has 146 valence electrons.